The summed E-state index contributed by atoms with van der Waals surface area (Å²) in [4.78, 5) is 25.8. The van der Waals surface area contributed by atoms with Gasteiger partial charge in [0.15, 0.2) is 5.78 Å². The number of aromatic nitrogens is 2. The predicted molar refractivity (Wildman–Crippen MR) is 90.2 cm³/mol. The molecular formula is C17H14N4O4. The van der Waals surface area contributed by atoms with Crippen LogP contribution in [0.3, 0.4) is 0 Å². The van der Waals surface area contributed by atoms with Gasteiger partial charge in [0, 0.05) is 28.9 Å². The van der Waals surface area contributed by atoms with Gasteiger partial charge in [-0.1, -0.05) is 17.3 Å². The second kappa shape index (κ2) is 6.91. The highest BCUT2D eigenvalue weighted by atomic mass is 16.6. The normalized spacial score (nSPS) is 10.4. The molecule has 0 radical (unpaired) electrons. The molecule has 0 bridgehead atoms. The van der Waals surface area contributed by atoms with Gasteiger partial charge in [-0.25, -0.2) is 0 Å². The van der Waals surface area contributed by atoms with E-state index in [1.165, 1.54) is 19.1 Å². The molecule has 126 valence electrons. The number of rotatable bonds is 6. The van der Waals surface area contributed by atoms with Gasteiger partial charge in [-0.2, -0.15) is 4.98 Å². The Labute approximate surface area is 142 Å². The molecule has 3 rings (SSSR count). The number of ketones is 1. The third-order valence-electron chi connectivity index (χ3n) is 3.52. The maximum Gasteiger partial charge on any atom is 0.270 e. The molecule has 2 aromatic carbocycles. The van der Waals surface area contributed by atoms with Crippen molar-refractivity contribution in [2.45, 2.75) is 13.5 Å². The van der Waals surface area contributed by atoms with Crippen molar-refractivity contribution in [2.24, 2.45) is 0 Å². The van der Waals surface area contributed by atoms with Gasteiger partial charge in [0.25, 0.3) is 5.69 Å². The molecule has 3 aromatic rings. The van der Waals surface area contributed by atoms with E-state index in [1.54, 1.807) is 36.4 Å². The quantitative estimate of drug-likeness (QED) is 0.416. The summed E-state index contributed by atoms with van der Waals surface area (Å²) in [6.07, 6.45) is 0. The van der Waals surface area contributed by atoms with E-state index in [-0.39, 0.29) is 17.3 Å². The fourth-order valence-corrected chi connectivity index (χ4v) is 2.20. The van der Waals surface area contributed by atoms with Crippen LogP contribution in [0.5, 0.6) is 0 Å². The SMILES string of the molecule is CC(=O)c1ccc(NCc2nc(-c3cccc([N+](=O)[O-])c3)no2)cc1. The molecule has 0 aliphatic heterocycles. The van der Waals surface area contributed by atoms with Gasteiger partial charge in [0.05, 0.1) is 11.5 Å². The first-order valence-electron chi connectivity index (χ1n) is 7.45. The summed E-state index contributed by atoms with van der Waals surface area (Å²) in [7, 11) is 0. The number of nitro groups is 1. The van der Waals surface area contributed by atoms with Crippen LogP contribution in [0.25, 0.3) is 11.4 Å². The fourth-order valence-electron chi connectivity index (χ4n) is 2.20. The minimum atomic E-state index is -0.475. The summed E-state index contributed by atoms with van der Waals surface area (Å²) in [5, 5.41) is 17.8. The number of anilines is 1. The van der Waals surface area contributed by atoms with E-state index in [2.05, 4.69) is 15.5 Å². The molecule has 1 N–H and O–H groups in total. The van der Waals surface area contributed by atoms with E-state index in [0.717, 1.165) is 5.69 Å². The van der Waals surface area contributed by atoms with Gasteiger partial charge >= 0.3 is 0 Å². The molecule has 1 heterocycles. The van der Waals surface area contributed by atoms with Crippen molar-refractivity contribution in [1.29, 1.82) is 0 Å². The van der Waals surface area contributed by atoms with Crippen molar-refractivity contribution in [3.05, 3.63) is 70.1 Å². The summed E-state index contributed by atoms with van der Waals surface area (Å²) < 4.78 is 5.16. The lowest BCUT2D eigenvalue weighted by Gasteiger charge is -2.03. The Morgan fingerprint density at radius 1 is 1.24 bits per heavy atom. The van der Waals surface area contributed by atoms with Gasteiger partial charge in [-0.05, 0) is 31.2 Å². The zero-order valence-corrected chi connectivity index (χ0v) is 13.3. The maximum atomic E-state index is 11.2. The maximum absolute atomic E-state index is 11.2. The smallest absolute Gasteiger partial charge is 0.270 e. The summed E-state index contributed by atoms with van der Waals surface area (Å²) in [6, 6.07) is 13.1. The van der Waals surface area contributed by atoms with Crippen LogP contribution in [0.2, 0.25) is 0 Å². The Balaban J connectivity index is 1.68. The third-order valence-corrected chi connectivity index (χ3v) is 3.52. The van der Waals surface area contributed by atoms with Crippen molar-refractivity contribution < 1.29 is 14.2 Å². The Bertz CT molecular complexity index is 918. The molecule has 0 fully saturated rings. The standard InChI is InChI=1S/C17H14N4O4/c1-11(22)12-5-7-14(8-6-12)18-10-16-19-17(20-25-16)13-3-2-4-15(9-13)21(23)24/h2-9,18H,10H2,1H3. The molecule has 0 amide bonds. The Kier molecular flexibility index (Phi) is 4.51. The predicted octanol–water partition coefficient (Wildman–Crippen LogP) is 3.46. The fraction of sp³-hybridized carbons (Fsp3) is 0.118. The third kappa shape index (κ3) is 3.86. The second-order valence-electron chi connectivity index (χ2n) is 5.31. The average molecular weight is 338 g/mol. The van der Waals surface area contributed by atoms with Crippen LogP contribution in [0.15, 0.2) is 53.1 Å². The highest BCUT2D eigenvalue weighted by molar-refractivity contribution is 5.94. The van der Waals surface area contributed by atoms with Crippen LogP contribution in [0, 0.1) is 10.1 Å². The highest BCUT2D eigenvalue weighted by Crippen LogP contribution is 2.21. The van der Waals surface area contributed by atoms with Crippen molar-refractivity contribution >= 4 is 17.2 Å². The summed E-state index contributed by atoms with van der Waals surface area (Å²) in [5.41, 5.74) is 1.92. The molecule has 0 saturated heterocycles. The molecule has 0 spiro atoms. The second-order valence-corrected chi connectivity index (χ2v) is 5.31. The number of benzene rings is 2. The van der Waals surface area contributed by atoms with E-state index in [1.807, 2.05) is 0 Å². The van der Waals surface area contributed by atoms with Crippen molar-refractivity contribution in [2.75, 3.05) is 5.32 Å². The average Bonchev–Trinajstić information content (AvgIpc) is 3.09. The minimum absolute atomic E-state index is 0.00467. The first-order valence-corrected chi connectivity index (χ1v) is 7.45. The van der Waals surface area contributed by atoms with Crippen LogP contribution < -0.4 is 5.32 Å². The van der Waals surface area contributed by atoms with Crippen molar-refractivity contribution in [3.63, 3.8) is 0 Å². The number of carbonyl (C=O) groups excluding carboxylic acids is 1. The van der Waals surface area contributed by atoms with E-state index in [0.29, 0.717) is 23.6 Å². The number of hydrogen-bond donors (Lipinski definition) is 1. The molecule has 8 heteroatoms. The van der Waals surface area contributed by atoms with Gasteiger partial charge in [0.1, 0.15) is 0 Å². The Morgan fingerprint density at radius 3 is 2.68 bits per heavy atom. The van der Waals surface area contributed by atoms with Crippen LogP contribution in [-0.4, -0.2) is 20.8 Å². The number of nitrogens with zero attached hydrogens (tertiary/aromatic N) is 3. The number of Topliss-reactive ketones (excluding diaryl/α,β-unsaturated/α-hetero) is 1. The topological polar surface area (TPSA) is 111 Å². The summed E-state index contributed by atoms with van der Waals surface area (Å²) in [6.45, 7) is 1.80. The number of hydrogen-bond acceptors (Lipinski definition) is 7. The monoisotopic (exact) mass is 338 g/mol. The van der Waals surface area contributed by atoms with Crippen LogP contribution in [0.1, 0.15) is 23.2 Å². The van der Waals surface area contributed by atoms with Gasteiger partial charge in [-0.3, -0.25) is 14.9 Å². The molecular weight excluding hydrogens is 324 g/mol. The number of carbonyl (C=O) groups is 1. The largest absolute Gasteiger partial charge is 0.376 e. The lowest BCUT2D eigenvalue weighted by molar-refractivity contribution is -0.384. The summed E-state index contributed by atoms with van der Waals surface area (Å²) >= 11 is 0. The van der Waals surface area contributed by atoms with Gasteiger partial charge in [0.2, 0.25) is 11.7 Å². The molecule has 1 aromatic heterocycles. The van der Waals surface area contributed by atoms with Crippen molar-refractivity contribution in [3.8, 4) is 11.4 Å². The van der Waals surface area contributed by atoms with Crippen LogP contribution in [-0.2, 0) is 6.54 Å². The molecule has 0 aliphatic rings. The number of nitrogens with one attached hydrogen (secondary N) is 1. The lowest BCUT2D eigenvalue weighted by atomic mass is 10.1. The minimum Gasteiger partial charge on any atom is -0.376 e. The van der Waals surface area contributed by atoms with Gasteiger partial charge < -0.3 is 9.84 Å². The molecule has 0 atom stereocenters. The molecule has 8 nitrogen and oxygen atoms in total. The molecule has 0 saturated carbocycles. The lowest BCUT2D eigenvalue weighted by Crippen LogP contribution is -2.00. The van der Waals surface area contributed by atoms with E-state index in [9.17, 15) is 14.9 Å². The zero-order chi connectivity index (χ0) is 17.8. The van der Waals surface area contributed by atoms with Crippen LogP contribution in [0.4, 0.5) is 11.4 Å². The van der Waals surface area contributed by atoms with E-state index >= 15 is 0 Å². The summed E-state index contributed by atoms with van der Waals surface area (Å²) in [5.74, 6) is 0.634. The van der Waals surface area contributed by atoms with Crippen molar-refractivity contribution in [1.82, 2.24) is 10.1 Å². The molecule has 25 heavy (non-hydrogen) atoms. The first kappa shape index (κ1) is 16.3. The Morgan fingerprint density at radius 2 is 2.00 bits per heavy atom. The van der Waals surface area contributed by atoms with E-state index in [4.69, 9.17) is 4.52 Å². The first-order chi connectivity index (χ1) is 12.0. The Hall–Kier alpha value is -3.55. The highest BCUT2D eigenvalue weighted by Gasteiger charge is 2.12. The van der Waals surface area contributed by atoms with Crippen LogP contribution >= 0.6 is 0 Å². The number of nitro benzene ring substituents is 1. The number of non-ortho nitro benzene ring substituents is 1. The molecule has 0 aliphatic carbocycles. The molecule has 0 unspecified atom stereocenters. The van der Waals surface area contributed by atoms with Gasteiger partial charge in [-0.15, -0.1) is 0 Å². The van der Waals surface area contributed by atoms with E-state index < -0.39 is 4.92 Å². The zero-order valence-electron chi connectivity index (χ0n) is 13.3.